The van der Waals surface area contributed by atoms with Gasteiger partial charge in [0, 0.05) is 39.8 Å². The first-order valence-electron chi connectivity index (χ1n) is 11.2. The van der Waals surface area contributed by atoms with Crippen LogP contribution in [0.25, 0.3) is 16.7 Å². The lowest BCUT2D eigenvalue weighted by atomic mass is 10.1. The molecule has 1 aliphatic heterocycles. The highest BCUT2D eigenvalue weighted by atomic mass is 35.5. The number of para-hydroxylation sites is 1. The average Bonchev–Trinajstić information content (AvgIpc) is 3.23. The third-order valence-electron chi connectivity index (χ3n) is 6.27. The Labute approximate surface area is 197 Å². The fraction of sp³-hybridized carbons (Fsp3) is 0.375. The number of benzene rings is 2. The van der Waals surface area contributed by atoms with Crippen molar-refractivity contribution in [3.8, 4) is 5.75 Å². The summed E-state index contributed by atoms with van der Waals surface area (Å²) in [4.78, 5) is 17.6. The van der Waals surface area contributed by atoms with E-state index in [1.807, 2.05) is 53.8 Å². The fourth-order valence-electron chi connectivity index (χ4n) is 4.38. The zero-order valence-corrected chi connectivity index (χ0v) is 19.6. The minimum Gasteiger partial charge on any atom is -0.491 e. The maximum Gasteiger partial charge on any atom is 0.262 e. The molecule has 2 aromatic carbocycles. The summed E-state index contributed by atoms with van der Waals surface area (Å²) in [6, 6.07) is 13.5. The van der Waals surface area contributed by atoms with Crippen LogP contribution in [0.1, 0.15) is 11.4 Å². The molecule has 3 heterocycles. The third kappa shape index (κ3) is 4.34. The molecular weight excluding hydrogens is 440 g/mol. The molecule has 1 fully saturated rings. The SMILES string of the molecule is Cc1ccc2c(c1)c(=O)n(C)c1nnc(CN3CCN(CCOc4ccccc4Cl)CC3)n21. The summed E-state index contributed by atoms with van der Waals surface area (Å²) < 4.78 is 9.43. The minimum absolute atomic E-state index is 0.0484. The monoisotopic (exact) mass is 466 g/mol. The van der Waals surface area contributed by atoms with Crippen LogP contribution in [-0.4, -0.2) is 68.3 Å². The second kappa shape index (κ2) is 9.13. The number of fused-ring (bicyclic) bond motifs is 3. The van der Waals surface area contributed by atoms with Crippen LogP contribution in [0.3, 0.4) is 0 Å². The highest BCUT2D eigenvalue weighted by molar-refractivity contribution is 6.32. The molecule has 1 aliphatic rings. The van der Waals surface area contributed by atoms with Crippen molar-refractivity contribution >= 4 is 28.3 Å². The van der Waals surface area contributed by atoms with Crippen LogP contribution in [0, 0.1) is 6.92 Å². The van der Waals surface area contributed by atoms with Gasteiger partial charge in [-0.3, -0.25) is 23.6 Å². The molecule has 1 saturated heterocycles. The number of aromatic nitrogens is 4. The summed E-state index contributed by atoms with van der Waals surface area (Å²) in [5.74, 6) is 2.15. The Morgan fingerprint density at radius 1 is 1.03 bits per heavy atom. The van der Waals surface area contributed by atoms with Crippen molar-refractivity contribution in [1.29, 1.82) is 0 Å². The Bertz CT molecular complexity index is 1360. The molecule has 172 valence electrons. The van der Waals surface area contributed by atoms with E-state index in [1.54, 1.807) is 11.6 Å². The van der Waals surface area contributed by atoms with Crippen molar-refractivity contribution in [1.82, 2.24) is 29.0 Å². The van der Waals surface area contributed by atoms with E-state index in [2.05, 4.69) is 20.0 Å². The molecule has 0 bridgehead atoms. The summed E-state index contributed by atoms with van der Waals surface area (Å²) in [5, 5.41) is 10.1. The normalized spacial score (nSPS) is 15.5. The van der Waals surface area contributed by atoms with E-state index in [0.717, 1.165) is 55.4 Å². The zero-order chi connectivity index (χ0) is 22.9. The summed E-state index contributed by atoms with van der Waals surface area (Å²) in [7, 11) is 1.75. The zero-order valence-electron chi connectivity index (χ0n) is 18.9. The molecule has 9 heteroatoms. The van der Waals surface area contributed by atoms with Crippen LogP contribution in [0.5, 0.6) is 5.75 Å². The minimum atomic E-state index is -0.0484. The van der Waals surface area contributed by atoms with Gasteiger partial charge in [-0.2, -0.15) is 0 Å². The molecule has 0 spiro atoms. The highest BCUT2D eigenvalue weighted by Crippen LogP contribution is 2.23. The van der Waals surface area contributed by atoms with Crippen molar-refractivity contribution in [3.05, 3.63) is 69.2 Å². The van der Waals surface area contributed by atoms with Crippen LogP contribution in [0.2, 0.25) is 5.02 Å². The van der Waals surface area contributed by atoms with Gasteiger partial charge in [-0.25, -0.2) is 0 Å². The molecule has 0 N–H and O–H groups in total. The van der Waals surface area contributed by atoms with Gasteiger partial charge in [0.2, 0.25) is 5.78 Å². The molecule has 0 aliphatic carbocycles. The predicted octanol–water partition coefficient (Wildman–Crippen LogP) is 2.74. The Balaban J connectivity index is 1.25. The fourth-order valence-corrected chi connectivity index (χ4v) is 4.57. The summed E-state index contributed by atoms with van der Waals surface area (Å²) in [5.41, 5.74) is 1.87. The van der Waals surface area contributed by atoms with Gasteiger partial charge >= 0.3 is 0 Å². The standard InChI is InChI=1S/C24H27ClN6O2/c1-17-7-8-20-18(15-17)23(32)28(2)24-27-26-22(31(20)24)16-30-11-9-29(10-12-30)13-14-33-21-6-4-3-5-19(21)25/h3-8,15H,9-14,16H2,1-2H3. The number of piperazine rings is 1. The molecular formula is C24H27ClN6O2. The van der Waals surface area contributed by atoms with Crippen LogP contribution in [0.4, 0.5) is 0 Å². The number of aryl methyl sites for hydroxylation is 2. The molecule has 2 aromatic heterocycles. The van der Waals surface area contributed by atoms with Gasteiger partial charge in [0.15, 0.2) is 5.82 Å². The first-order chi connectivity index (χ1) is 16.0. The van der Waals surface area contributed by atoms with Crippen molar-refractivity contribution in [2.45, 2.75) is 13.5 Å². The summed E-state index contributed by atoms with van der Waals surface area (Å²) >= 11 is 6.16. The van der Waals surface area contributed by atoms with Crippen LogP contribution < -0.4 is 10.3 Å². The number of halogens is 1. The Kier molecular flexibility index (Phi) is 6.05. The van der Waals surface area contributed by atoms with Gasteiger partial charge in [0.1, 0.15) is 12.4 Å². The van der Waals surface area contributed by atoms with E-state index in [4.69, 9.17) is 16.3 Å². The van der Waals surface area contributed by atoms with Gasteiger partial charge in [0.05, 0.1) is 22.5 Å². The lowest BCUT2D eigenvalue weighted by molar-refractivity contribution is 0.110. The Morgan fingerprint density at radius 2 is 1.79 bits per heavy atom. The summed E-state index contributed by atoms with van der Waals surface area (Å²) in [6.45, 7) is 7.94. The van der Waals surface area contributed by atoms with Gasteiger partial charge in [-0.1, -0.05) is 35.4 Å². The third-order valence-corrected chi connectivity index (χ3v) is 6.58. The maximum absolute atomic E-state index is 12.8. The second-order valence-electron chi connectivity index (χ2n) is 8.53. The van der Waals surface area contributed by atoms with Crippen molar-refractivity contribution in [2.24, 2.45) is 7.05 Å². The number of hydrogen-bond donors (Lipinski definition) is 0. The maximum atomic E-state index is 12.8. The van der Waals surface area contributed by atoms with E-state index < -0.39 is 0 Å². The van der Waals surface area contributed by atoms with Crippen molar-refractivity contribution in [2.75, 3.05) is 39.3 Å². The first-order valence-corrected chi connectivity index (χ1v) is 11.5. The number of rotatable bonds is 6. The molecule has 33 heavy (non-hydrogen) atoms. The molecule has 4 aromatic rings. The lowest BCUT2D eigenvalue weighted by Gasteiger charge is -2.34. The van der Waals surface area contributed by atoms with E-state index in [0.29, 0.717) is 29.3 Å². The quantitative estimate of drug-likeness (QED) is 0.435. The molecule has 0 saturated carbocycles. The Morgan fingerprint density at radius 3 is 2.58 bits per heavy atom. The smallest absolute Gasteiger partial charge is 0.262 e. The average molecular weight is 467 g/mol. The van der Waals surface area contributed by atoms with Gasteiger partial charge < -0.3 is 4.74 Å². The predicted molar refractivity (Wildman–Crippen MR) is 129 cm³/mol. The van der Waals surface area contributed by atoms with Gasteiger partial charge in [0.25, 0.3) is 5.56 Å². The first kappa shape index (κ1) is 21.9. The molecule has 8 nitrogen and oxygen atoms in total. The molecule has 0 unspecified atom stereocenters. The molecule has 0 amide bonds. The number of ether oxygens (including phenoxy) is 1. The Hall–Kier alpha value is -2.94. The van der Waals surface area contributed by atoms with E-state index >= 15 is 0 Å². The van der Waals surface area contributed by atoms with Gasteiger partial charge in [-0.15, -0.1) is 10.2 Å². The highest BCUT2D eigenvalue weighted by Gasteiger charge is 2.21. The molecule has 5 rings (SSSR count). The molecule has 0 atom stereocenters. The van der Waals surface area contributed by atoms with E-state index in [9.17, 15) is 4.79 Å². The van der Waals surface area contributed by atoms with E-state index in [-0.39, 0.29) is 5.56 Å². The topological polar surface area (TPSA) is 67.9 Å². The van der Waals surface area contributed by atoms with Crippen molar-refractivity contribution < 1.29 is 4.74 Å². The van der Waals surface area contributed by atoms with E-state index in [1.165, 1.54) is 0 Å². The van der Waals surface area contributed by atoms with Crippen LogP contribution >= 0.6 is 11.6 Å². The molecule has 0 radical (unpaired) electrons. The van der Waals surface area contributed by atoms with Crippen LogP contribution in [0.15, 0.2) is 47.3 Å². The number of nitrogens with zero attached hydrogens (tertiary/aromatic N) is 6. The van der Waals surface area contributed by atoms with Crippen molar-refractivity contribution in [3.63, 3.8) is 0 Å². The van der Waals surface area contributed by atoms with Crippen LogP contribution in [-0.2, 0) is 13.6 Å². The number of hydrogen-bond acceptors (Lipinski definition) is 6. The second-order valence-corrected chi connectivity index (χ2v) is 8.94. The lowest BCUT2D eigenvalue weighted by Crippen LogP contribution is -2.47. The van der Waals surface area contributed by atoms with Gasteiger partial charge in [-0.05, 0) is 31.2 Å². The largest absolute Gasteiger partial charge is 0.491 e. The summed E-state index contributed by atoms with van der Waals surface area (Å²) in [6.07, 6.45) is 0.